The number of hydrogen-bond acceptors (Lipinski definition) is 6. The topological polar surface area (TPSA) is 85.1 Å². The second-order valence-electron chi connectivity index (χ2n) is 3.38. The smallest absolute Gasteiger partial charge is 0.239 e. The molecule has 4 N–H and O–H groups in total. The van der Waals surface area contributed by atoms with Crippen molar-refractivity contribution in [3.8, 4) is 5.75 Å². The van der Waals surface area contributed by atoms with Crippen molar-refractivity contribution in [1.29, 1.82) is 0 Å². The van der Waals surface area contributed by atoms with Crippen molar-refractivity contribution < 1.29 is 4.74 Å². The van der Waals surface area contributed by atoms with Gasteiger partial charge in [0.1, 0.15) is 11.6 Å². The third-order valence-corrected chi connectivity index (χ3v) is 2.91. The number of ether oxygens (including phenoxy) is 1. The minimum atomic E-state index is 0.346. The van der Waals surface area contributed by atoms with Crippen LogP contribution in [-0.4, -0.2) is 17.1 Å². The van der Waals surface area contributed by atoms with E-state index in [4.69, 9.17) is 10.6 Å². The zero-order valence-electron chi connectivity index (χ0n) is 9.64. The molecule has 0 radical (unpaired) electrons. The number of benzene rings is 1. The summed E-state index contributed by atoms with van der Waals surface area (Å²) in [5.41, 5.74) is 3.24. The lowest BCUT2D eigenvalue weighted by Gasteiger charge is -2.10. The predicted molar refractivity (Wildman–Crippen MR) is 73.8 cm³/mol. The molecule has 0 saturated heterocycles. The van der Waals surface area contributed by atoms with E-state index in [1.165, 1.54) is 0 Å². The van der Waals surface area contributed by atoms with Gasteiger partial charge in [0.25, 0.3) is 0 Å². The molecule has 0 aliphatic carbocycles. The number of anilines is 3. The zero-order chi connectivity index (χ0) is 13.0. The van der Waals surface area contributed by atoms with Crippen molar-refractivity contribution in [2.45, 2.75) is 0 Å². The van der Waals surface area contributed by atoms with Gasteiger partial charge in [0, 0.05) is 16.7 Å². The Morgan fingerprint density at radius 3 is 2.89 bits per heavy atom. The lowest BCUT2D eigenvalue weighted by molar-refractivity contribution is 0.415. The summed E-state index contributed by atoms with van der Waals surface area (Å²) in [7, 11) is 1.62. The molecular formula is C11H12BrN5O. The lowest BCUT2D eigenvalue weighted by Crippen LogP contribution is -2.10. The molecule has 0 aliphatic heterocycles. The number of nitrogens with one attached hydrogen (secondary N) is 2. The molecule has 1 heterocycles. The molecule has 0 atom stereocenters. The van der Waals surface area contributed by atoms with Gasteiger partial charge in [-0.2, -0.15) is 4.98 Å². The molecule has 7 heteroatoms. The van der Waals surface area contributed by atoms with Gasteiger partial charge in [-0.3, -0.25) is 5.43 Å². The molecule has 2 aromatic rings. The van der Waals surface area contributed by atoms with Crippen molar-refractivity contribution in [1.82, 2.24) is 9.97 Å². The Labute approximate surface area is 113 Å². The first-order valence-electron chi connectivity index (χ1n) is 5.13. The maximum absolute atomic E-state index is 5.26. The zero-order valence-corrected chi connectivity index (χ0v) is 11.2. The van der Waals surface area contributed by atoms with Gasteiger partial charge >= 0.3 is 0 Å². The number of hydrogen-bond donors (Lipinski definition) is 3. The minimum absolute atomic E-state index is 0.346. The number of hydrazine groups is 1. The summed E-state index contributed by atoms with van der Waals surface area (Å²) in [6.07, 6.45) is 1.61. The van der Waals surface area contributed by atoms with Crippen molar-refractivity contribution in [2.24, 2.45) is 5.84 Å². The van der Waals surface area contributed by atoms with E-state index < -0.39 is 0 Å². The van der Waals surface area contributed by atoms with Gasteiger partial charge < -0.3 is 10.1 Å². The summed E-state index contributed by atoms with van der Waals surface area (Å²) in [6.45, 7) is 0. The van der Waals surface area contributed by atoms with Gasteiger partial charge in [0.15, 0.2) is 0 Å². The quantitative estimate of drug-likeness (QED) is 0.593. The molecule has 0 bridgehead atoms. The molecule has 0 unspecified atom stereocenters. The maximum Gasteiger partial charge on any atom is 0.239 e. The fraction of sp³-hybridized carbons (Fsp3) is 0.0909. The van der Waals surface area contributed by atoms with Gasteiger partial charge in [-0.1, -0.05) is 0 Å². The van der Waals surface area contributed by atoms with E-state index in [1.807, 2.05) is 18.2 Å². The summed E-state index contributed by atoms with van der Waals surface area (Å²) >= 11 is 3.45. The van der Waals surface area contributed by atoms with Crippen LogP contribution < -0.4 is 21.3 Å². The van der Waals surface area contributed by atoms with Crippen LogP contribution in [0.4, 0.5) is 17.5 Å². The van der Waals surface area contributed by atoms with E-state index in [0.717, 1.165) is 15.9 Å². The van der Waals surface area contributed by atoms with E-state index in [2.05, 4.69) is 36.6 Å². The number of methoxy groups -OCH3 is 1. The fourth-order valence-corrected chi connectivity index (χ4v) is 1.71. The van der Waals surface area contributed by atoms with E-state index in [1.54, 1.807) is 19.4 Å². The van der Waals surface area contributed by atoms with Crippen molar-refractivity contribution in [3.05, 3.63) is 34.9 Å². The molecule has 0 fully saturated rings. The van der Waals surface area contributed by atoms with Gasteiger partial charge in [-0.25, -0.2) is 10.8 Å². The molecule has 0 saturated carbocycles. The molecule has 1 aromatic carbocycles. The van der Waals surface area contributed by atoms with Gasteiger partial charge in [0.05, 0.1) is 12.8 Å². The predicted octanol–water partition coefficient (Wildman–Crippen LogP) is 2.28. The van der Waals surface area contributed by atoms with Crippen LogP contribution in [0.15, 0.2) is 34.9 Å². The first-order valence-corrected chi connectivity index (χ1v) is 5.92. The molecule has 94 valence electrons. The Morgan fingerprint density at radius 2 is 2.17 bits per heavy atom. The van der Waals surface area contributed by atoms with Crippen LogP contribution in [0.1, 0.15) is 0 Å². The van der Waals surface area contributed by atoms with E-state index in [-0.39, 0.29) is 0 Å². The molecule has 2 rings (SSSR count). The molecular weight excluding hydrogens is 298 g/mol. The van der Waals surface area contributed by atoms with Crippen LogP contribution in [0.2, 0.25) is 0 Å². The minimum Gasteiger partial charge on any atom is -0.497 e. The third-order valence-electron chi connectivity index (χ3n) is 2.22. The highest BCUT2D eigenvalue weighted by molar-refractivity contribution is 9.10. The highest BCUT2D eigenvalue weighted by atomic mass is 79.9. The maximum atomic E-state index is 5.26. The largest absolute Gasteiger partial charge is 0.497 e. The van der Waals surface area contributed by atoms with E-state index in [9.17, 15) is 0 Å². The SMILES string of the molecule is COc1ccc(Br)c(Nc2ccnc(NN)n2)c1. The fourth-order valence-electron chi connectivity index (χ4n) is 1.36. The highest BCUT2D eigenvalue weighted by Gasteiger charge is 2.04. The number of nitrogens with zero attached hydrogens (tertiary/aromatic N) is 2. The summed E-state index contributed by atoms with van der Waals surface area (Å²) < 4.78 is 6.07. The number of halogens is 1. The number of aromatic nitrogens is 2. The monoisotopic (exact) mass is 309 g/mol. The van der Waals surface area contributed by atoms with Crippen molar-refractivity contribution in [3.63, 3.8) is 0 Å². The Kier molecular flexibility index (Phi) is 3.96. The highest BCUT2D eigenvalue weighted by Crippen LogP contribution is 2.29. The Morgan fingerprint density at radius 1 is 1.33 bits per heavy atom. The van der Waals surface area contributed by atoms with Crippen molar-refractivity contribution >= 4 is 33.4 Å². The van der Waals surface area contributed by atoms with Crippen LogP contribution >= 0.6 is 15.9 Å². The number of rotatable bonds is 4. The second kappa shape index (κ2) is 5.65. The van der Waals surface area contributed by atoms with Crippen molar-refractivity contribution in [2.75, 3.05) is 17.9 Å². The summed E-state index contributed by atoms with van der Waals surface area (Å²) in [6, 6.07) is 7.36. The first kappa shape index (κ1) is 12.6. The average molecular weight is 310 g/mol. The molecule has 1 aromatic heterocycles. The van der Waals surface area contributed by atoms with Gasteiger partial charge in [0.2, 0.25) is 5.95 Å². The molecule has 0 aliphatic rings. The summed E-state index contributed by atoms with van der Waals surface area (Å²) in [5.74, 6) is 6.99. The van der Waals surface area contributed by atoms with Crippen LogP contribution in [0.3, 0.4) is 0 Å². The van der Waals surface area contributed by atoms with Gasteiger partial charge in [-0.05, 0) is 34.1 Å². The summed E-state index contributed by atoms with van der Waals surface area (Å²) in [5, 5.41) is 3.15. The van der Waals surface area contributed by atoms with Crippen LogP contribution in [0.5, 0.6) is 5.75 Å². The molecule has 0 amide bonds. The lowest BCUT2D eigenvalue weighted by atomic mass is 10.3. The molecule has 6 nitrogen and oxygen atoms in total. The van der Waals surface area contributed by atoms with Crippen LogP contribution in [0, 0.1) is 0 Å². The Balaban J connectivity index is 2.27. The standard InChI is InChI=1S/C11H12BrN5O/c1-18-7-2-3-8(12)9(6-7)15-10-4-5-14-11(16-10)17-13/h2-6H,13H2,1H3,(H2,14,15,16,17). The summed E-state index contributed by atoms with van der Waals surface area (Å²) in [4.78, 5) is 8.10. The molecule has 18 heavy (non-hydrogen) atoms. The normalized spacial score (nSPS) is 9.94. The molecule has 0 spiro atoms. The van der Waals surface area contributed by atoms with E-state index in [0.29, 0.717) is 11.8 Å². The van der Waals surface area contributed by atoms with Crippen LogP contribution in [0.25, 0.3) is 0 Å². The Hall–Kier alpha value is -1.86. The number of nitrogen functional groups attached to an aromatic ring is 1. The van der Waals surface area contributed by atoms with E-state index >= 15 is 0 Å². The number of nitrogens with two attached hydrogens (primary N) is 1. The van der Waals surface area contributed by atoms with Gasteiger partial charge in [-0.15, -0.1) is 0 Å². The second-order valence-corrected chi connectivity index (χ2v) is 4.23. The first-order chi connectivity index (χ1) is 8.72. The average Bonchev–Trinajstić information content (AvgIpc) is 2.41. The van der Waals surface area contributed by atoms with Crippen LogP contribution in [-0.2, 0) is 0 Å². The Bertz CT molecular complexity index is 549. The third kappa shape index (κ3) is 2.88.